The molecule has 0 bridgehead atoms. The van der Waals surface area contributed by atoms with Crippen LogP contribution in [0.5, 0.6) is 5.75 Å². The smallest absolute Gasteiger partial charge is 0.115 e. The molecule has 1 aromatic carbocycles. The molecule has 0 aromatic heterocycles. The third-order valence-electron chi connectivity index (χ3n) is 3.58. The summed E-state index contributed by atoms with van der Waals surface area (Å²) in [6.07, 6.45) is 3.56. The molecule has 0 aliphatic carbocycles. The van der Waals surface area contributed by atoms with Gasteiger partial charge in [-0.2, -0.15) is 0 Å². The molecule has 4 nitrogen and oxygen atoms in total. The number of nitrogens with two attached hydrogens (primary N) is 1. The maximum Gasteiger partial charge on any atom is 0.115 e. The lowest BCUT2D eigenvalue weighted by molar-refractivity contribution is 0.00563. The maximum atomic E-state index is 9.26. The van der Waals surface area contributed by atoms with Crippen LogP contribution in [0.2, 0.25) is 0 Å². The van der Waals surface area contributed by atoms with E-state index in [9.17, 15) is 5.11 Å². The lowest BCUT2D eigenvalue weighted by atomic mass is 10.1. The van der Waals surface area contributed by atoms with Gasteiger partial charge in [-0.05, 0) is 43.5 Å². The first-order chi connectivity index (χ1) is 9.28. The van der Waals surface area contributed by atoms with Crippen molar-refractivity contribution < 1.29 is 9.84 Å². The van der Waals surface area contributed by atoms with Gasteiger partial charge in [0.15, 0.2) is 0 Å². The second-order valence-corrected chi connectivity index (χ2v) is 5.15. The van der Waals surface area contributed by atoms with E-state index in [1.807, 2.05) is 12.1 Å². The molecule has 0 saturated carbocycles. The minimum absolute atomic E-state index is 0.329. The van der Waals surface area contributed by atoms with Crippen molar-refractivity contribution in [2.24, 2.45) is 5.73 Å². The molecule has 4 heteroatoms. The van der Waals surface area contributed by atoms with Crippen LogP contribution >= 0.6 is 0 Å². The van der Waals surface area contributed by atoms with Gasteiger partial charge in [-0.15, -0.1) is 0 Å². The molecule has 2 rings (SSSR count). The highest BCUT2D eigenvalue weighted by Crippen LogP contribution is 2.17. The van der Waals surface area contributed by atoms with Gasteiger partial charge >= 0.3 is 0 Å². The van der Waals surface area contributed by atoms with Crippen LogP contribution in [0.25, 0.3) is 0 Å². The van der Waals surface area contributed by atoms with Crippen LogP contribution in [0.15, 0.2) is 24.3 Å². The van der Waals surface area contributed by atoms with Crippen molar-refractivity contribution in [3.63, 3.8) is 0 Å². The zero-order valence-corrected chi connectivity index (χ0v) is 11.4. The quantitative estimate of drug-likeness (QED) is 0.768. The molecular formula is C15H24N2O2. The first-order valence-electron chi connectivity index (χ1n) is 7.10. The highest BCUT2D eigenvalue weighted by molar-refractivity contribution is 5.25. The molecule has 1 aliphatic heterocycles. The molecular weight excluding hydrogens is 240 g/mol. The van der Waals surface area contributed by atoms with Crippen molar-refractivity contribution in [3.8, 4) is 5.75 Å². The van der Waals surface area contributed by atoms with Crippen molar-refractivity contribution in [3.05, 3.63) is 29.8 Å². The summed E-state index contributed by atoms with van der Waals surface area (Å²) in [5.41, 5.74) is 6.71. The lowest BCUT2D eigenvalue weighted by Crippen LogP contribution is -2.36. The number of piperidine rings is 1. The van der Waals surface area contributed by atoms with E-state index in [0.717, 1.165) is 45.5 Å². The van der Waals surface area contributed by atoms with Crippen LogP contribution in [0.3, 0.4) is 0 Å². The third-order valence-corrected chi connectivity index (χ3v) is 3.58. The summed E-state index contributed by atoms with van der Waals surface area (Å²) in [6, 6.07) is 7.47. The fraction of sp³-hybridized carbons (Fsp3) is 0.600. The van der Waals surface area contributed by atoms with Gasteiger partial charge in [-0.25, -0.2) is 0 Å². The molecule has 19 heavy (non-hydrogen) atoms. The summed E-state index contributed by atoms with van der Waals surface area (Å²) in [7, 11) is 0. The molecule has 1 saturated heterocycles. The van der Waals surface area contributed by atoms with Crippen LogP contribution in [0.4, 0.5) is 0 Å². The molecule has 3 N–H and O–H groups in total. The van der Waals surface area contributed by atoms with Crippen molar-refractivity contribution in [2.45, 2.75) is 31.9 Å². The summed E-state index contributed by atoms with van der Waals surface area (Å²) >= 11 is 0. The number of aromatic hydroxyl groups is 1. The van der Waals surface area contributed by atoms with E-state index in [1.165, 1.54) is 5.56 Å². The van der Waals surface area contributed by atoms with Gasteiger partial charge in [-0.1, -0.05) is 12.1 Å². The number of phenolic OH excluding ortho intramolecular Hbond substituents is 1. The molecule has 1 aromatic rings. The Morgan fingerprint density at radius 2 is 1.89 bits per heavy atom. The van der Waals surface area contributed by atoms with Gasteiger partial charge in [0.1, 0.15) is 5.75 Å². The SMILES string of the molecule is NCCCOC1CCN(Cc2ccc(O)cc2)CC1. The summed E-state index contributed by atoms with van der Waals surface area (Å²) in [6.45, 7) is 4.61. The van der Waals surface area contributed by atoms with Crippen molar-refractivity contribution in [1.82, 2.24) is 4.90 Å². The zero-order chi connectivity index (χ0) is 13.5. The van der Waals surface area contributed by atoms with Crippen LogP contribution in [-0.2, 0) is 11.3 Å². The first kappa shape index (κ1) is 14.3. The highest BCUT2D eigenvalue weighted by atomic mass is 16.5. The molecule has 1 aliphatic rings. The number of benzene rings is 1. The zero-order valence-electron chi connectivity index (χ0n) is 11.4. The molecule has 0 spiro atoms. The van der Waals surface area contributed by atoms with Crippen LogP contribution in [0, 0.1) is 0 Å². The van der Waals surface area contributed by atoms with E-state index in [-0.39, 0.29) is 0 Å². The summed E-state index contributed by atoms with van der Waals surface area (Å²) in [5.74, 6) is 0.329. The van der Waals surface area contributed by atoms with Crippen LogP contribution in [-0.4, -0.2) is 42.4 Å². The third kappa shape index (κ3) is 4.82. The molecule has 106 valence electrons. The van der Waals surface area contributed by atoms with Crippen LogP contribution in [0.1, 0.15) is 24.8 Å². The van der Waals surface area contributed by atoms with E-state index in [2.05, 4.69) is 4.90 Å². The minimum Gasteiger partial charge on any atom is -0.508 e. The molecule has 1 heterocycles. The van der Waals surface area contributed by atoms with E-state index >= 15 is 0 Å². The minimum atomic E-state index is 0.329. The molecule has 0 atom stereocenters. The molecule has 0 radical (unpaired) electrons. The predicted octanol–water partition coefficient (Wildman–Crippen LogP) is 1.72. The number of hydrogen-bond donors (Lipinski definition) is 2. The largest absolute Gasteiger partial charge is 0.508 e. The number of hydrogen-bond acceptors (Lipinski definition) is 4. The Morgan fingerprint density at radius 3 is 2.53 bits per heavy atom. The number of phenols is 1. The number of likely N-dealkylation sites (tertiary alicyclic amines) is 1. The Kier molecular flexibility index (Phi) is 5.63. The Bertz CT molecular complexity index is 359. The number of rotatable bonds is 6. The summed E-state index contributed by atoms with van der Waals surface area (Å²) in [5, 5.41) is 9.26. The topological polar surface area (TPSA) is 58.7 Å². The first-order valence-corrected chi connectivity index (χ1v) is 7.10. The van der Waals surface area contributed by atoms with Gasteiger partial charge < -0.3 is 15.6 Å². The Hall–Kier alpha value is -1.10. The van der Waals surface area contributed by atoms with Crippen molar-refractivity contribution in [1.29, 1.82) is 0 Å². The fourth-order valence-corrected chi connectivity index (χ4v) is 2.43. The Morgan fingerprint density at radius 1 is 1.21 bits per heavy atom. The maximum absolute atomic E-state index is 9.26. The van der Waals surface area contributed by atoms with Gasteiger partial charge in [0.25, 0.3) is 0 Å². The van der Waals surface area contributed by atoms with Gasteiger partial charge in [0.05, 0.1) is 6.10 Å². The normalized spacial score (nSPS) is 17.7. The van der Waals surface area contributed by atoms with E-state index in [1.54, 1.807) is 12.1 Å². The van der Waals surface area contributed by atoms with Gasteiger partial charge in [-0.3, -0.25) is 4.90 Å². The lowest BCUT2D eigenvalue weighted by Gasteiger charge is -2.31. The fourth-order valence-electron chi connectivity index (χ4n) is 2.43. The standard InChI is InChI=1S/C15H24N2O2/c16-8-1-11-19-15-6-9-17(10-7-15)12-13-2-4-14(18)5-3-13/h2-5,15,18H,1,6-12,16H2. The highest BCUT2D eigenvalue weighted by Gasteiger charge is 2.19. The van der Waals surface area contributed by atoms with Crippen LogP contribution < -0.4 is 5.73 Å². The Balaban J connectivity index is 1.69. The monoisotopic (exact) mass is 264 g/mol. The van der Waals surface area contributed by atoms with Gasteiger partial charge in [0, 0.05) is 26.2 Å². The molecule has 0 amide bonds. The average molecular weight is 264 g/mol. The van der Waals surface area contributed by atoms with Crippen molar-refractivity contribution in [2.75, 3.05) is 26.2 Å². The number of nitrogens with zero attached hydrogens (tertiary/aromatic N) is 1. The average Bonchev–Trinajstić information content (AvgIpc) is 2.44. The summed E-state index contributed by atoms with van der Waals surface area (Å²) < 4.78 is 5.80. The predicted molar refractivity (Wildman–Crippen MR) is 76.0 cm³/mol. The molecule has 1 fully saturated rings. The Labute approximate surface area is 115 Å². The summed E-state index contributed by atoms with van der Waals surface area (Å²) in [4.78, 5) is 2.44. The second kappa shape index (κ2) is 7.48. The van der Waals surface area contributed by atoms with Crippen molar-refractivity contribution >= 4 is 0 Å². The van der Waals surface area contributed by atoms with E-state index in [4.69, 9.17) is 10.5 Å². The van der Waals surface area contributed by atoms with E-state index < -0.39 is 0 Å². The molecule has 0 unspecified atom stereocenters. The second-order valence-electron chi connectivity index (χ2n) is 5.15. The number of ether oxygens (including phenoxy) is 1. The van der Waals surface area contributed by atoms with Gasteiger partial charge in [0.2, 0.25) is 0 Å². The van der Waals surface area contributed by atoms with E-state index in [0.29, 0.717) is 18.4 Å².